The van der Waals surface area contributed by atoms with E-state index in [4.69, 9.17) is 0 Å². The molecule has 0 unspecified atom stereocenters. The van der Waals surface area contributed by atoms with Crippen molar-refractivity contribution in [2.75, 3.05) is 5.32 Å². The normalized spacial score (nSPS) is 15.8. The van der Waals surface area contributed by atoms with Gasteiger partial charge in [-0.25, -0.2) is 0 Å². The van der Waals surface area contributed by atoms with Crippen molar-refractivity contribution in [3.63, 3.8) is 0 Å². The molecule has 0 radical (unpaired) electrons. The van der Waals surface area contributed by atoms with Gasteiger partial charge in [-0.15, -0.1) is 0 Å². The van der Waals surface area contributed by atoms with Crippen LogP contribution >= 0.6 is 0 Å². The monoisotopic (exact) mass is 288 g/mol. The molecule has 0 spiro atoms. The largest absolute Gasteiger partial charge is 0.352 e. The maximum atomic E-state index is 12.4. The van der Waals surface area contributed by atoms with Gasteiger partial charge in [0.25, 0.3) is 0 Å². The van der Waals surface area contributed by atoms with E-state index in [9.17, 15) is 9.59 Å². The second-order valence-corrected chi connectivity index (χ2v) is 6.40. The minimum absolute atomic E-state index is 0.195. The van der Waals surface area contributed by atoms with E-state index in [1.165, 1.54) is 0 Å². The lowest BCUT2D eigenvalue weighted by atomic mass is 9.90. The summed E-state index contributed by atoms with van der Waals surface area (Å²) in [7, 11) is 0. The van der Waals surface area contributed by atoms with Gasteiger partial charge in [0.15, 0.2) is 0 Å². The van der Waals surface area contributed by atoms with Crippen LogP contribution in [-0.4, -0.2) is 17.9 Å². The van der Waals surface area contributed by atoms with E-state index >= 15 is 0 Å². The molecule has 1 saturated carbocycles. The fourth-order valence-electron chi connectivity index (χ4n) is 2.55. The summed E-state index contributed by atoms with van der Waals surface area (Å²) < 4.78 is 0. The van der Waals surface area contributed by atoms with Crippen LogP contribution in [0.25, 0.3) is 0 Å². The first-order valence-electron chi connectivity index (χ1n) is 7.58. The summed E-state index contributed by atoms with van der Waals surface area (Å²) in [5, 5.41) is 5.83. The van der Waals surface area contributed by atoms with Crippen molar-refractivity contribution < 1.29 is 9.59 Å². The highest BCUT2D eigenvalue weighted by molar-refractivity contribution is 6.09. The molecule has 2 rings (SSSR count). The molecule has 21 heavy (non-hydrogen) atoms. The Bertz CT molecular complexity index is 531. The molecular formula is C17H24N2O2. The van der Waals surface area contributed by atoms with Gasteiger partial charge in [0.2, 0.25) is 11.8 Å². The van der Waals surface area contributed by atoms with Gasteiger partial charge >= 0.3 is 0 Å². The van der Waals surface area contributed by atoms with Crippen molar-refractivity contribution in [3.8, 4) is 0 Å². The molecule has 1 aliphatic rings. The van der Waals surface area contributed by atoms with Gasteiger partial charge < -0.3 is 10.6 Å². The van der Waals surface area contributed by atoms with Crippen LogP contribution in [0.4, 0.5) is 5.69 Å². The van der Waals surface area contributed by atoms with E-state index < -0.39 is 5.41 Å². The maximum absolute atomic E-state index is 12.4. The minimum Gasteiger partial charge on any atom is -0.352 e. The Morgan fingerprint density at radius 1 is 1.14 bits per heavy atom. The lowest BCUT2D eigenvalue weighted by Gasteiger charge is -2.25. The molecular weight excluding hydrogens is 264 g/mol. The number of aryl methyl sites for hydroxylation is 1. The Morgan fingerprint density at radius 3 is 2.43 bits per heavy atom. The Morgan fingerprint density at radius 2 is 1.81 bits per heavy atom. The van der Waals surface area contributed by atoms with Gasteiger partial charge in [-0.05, 0) is 51.3 Å². The van der Waals surface area contributed by atoms with Gasteiger partial charge in [0.05, 0.1) is 0 Å². The second-order valence-electron chi connectivity index (χ2n) is 6.40. The highest BCUT2D eigenvalue weighted by atomic mass is 16.2. The Kier molecular flexibility index (Phi) is 4.66. The Labute approximate surface area is 126 Å². The van der Waals surface area contributed by atoms with Crippen molar-refractivity contribution in [3.05, 3.63) is 29.8 Å². The molecule has 0 atom stereocenters. The van der Waals surface area contributed by atoms with Crippen molar-refractivity contribution in [2.24, 2.45) is 5.41 Å². The molecule has 1 aromatic rings. The quantitative estimate of drug-likeness (QED) is 0.837. The summed E-state index contributed by atoms with van der Waals surface area (Å²) in [6.45, 7) is 5.30. The summed E-state index contributed by atoms with van der Waals surface area (Å²) in [6, 6.07) is 7.80. The van der Waals surface area contributed by atoms with Crippen molar-refractivity contribution in [2.45, 2.75) is 52.5 Å². The molecule has 0 aliphatic heterocycles. The molecule has 114 valence electrons. The van der Waals surface area contributed by atoms with Crippen LogP contribution in [0, 0.1) is 12.3 Å². The minimum atomic E-state index is -1.08. The number of nitrogens with one attached hydrogen (secondary N) is 2. The molecule has 0 bridgehead atoms. The third kappa shape index (κ3) is 3.84. The van der Waals surface area contributed by atoms with Gasteiger partial charge in [0.1, 0.15) is 5.41 Å². The van der Waals surface area contributed by atoms with Crippen LogP contribution in [0.1, 0.15) is 45.1 Å². The first kappa shape index (κ1) is 15.5. The van der Waals surface area contributed by atoms with Crippen LogP contribution < -0.4 is 10.6 Å². The van der Waals surface area contributed by atoms with Gasteiger partial charge in [-0.3, -0.25) is 9.59 Å². The van der Waals surface area contributed by atoms with Crippen LogP contribution in [0.5, 0.6) is 0 Å². The number of hydrogen-bond acceptors (Lipinski definition) is 2. The number of amides is 2. The number of carbonyl (C=O) groups excluding carboxylic acids is 2. The molecule has 2 amide bonds. The topological polar surface area (TPSA) is 58.2 Å². The fraction of sp³-hybridized carbons (Fsp3) is 0.529. The summed E-state index contributed by atoms with van der Waals surface area (Å²) in [4.78, 5) is 24.7. The molecule has 2 N–H and O–H groups in total. The van der Waals surface area contributed by atoms with E-state index in [0.29, 0.717) is 0 Å². The zero-order chi connectivity index (χ0) is 15.5. The number of rotatable bonds is 4. The SMILES string of the molecule is Cc1cccc(NC(=O)C(C)(C)C(=O)NC2CCCC2)c1. The van der Waals surface area contributed by atoms with Crippen LogP contribution in [0.2, 0.25) is 0 Å². The number of anilines is 1. The summed E-state index contributed by atoms with van der Waals surface area (Å²) in [6.07, 6.45) is 4.34. The van der Waals surface area contributed by atoms with Crippen molar-refractivity contribution in [1.29, 1.82) is 0 Å². The molecule has 0 saturated heterocycles. The second kappa shape index (κ2) is 6.29. The number of benzene rings is 1. The number of hydrogen-bond donors (Lipinski definition) is 2. The summed E-state index contributed by atoms with van der Waals surface area (Å²) in [5.41, 5.74) is 0.717. The fourth-order valence-corrected chi connectivity index (χ4v) is 2.55. The van der Waals surface area contributed by atoms with Crippen LogP contribution in [-0.2, 0) is 9.59 Å². The van der Waals surface area contributed by atoms with E-state index in [1.54, 1.807) is 13.8 Å². The molecule has 0 heterocycles. The van der Waals surface area contributed by atoms with E-state index in [2.05, 4.69) is 10.6 Å². The standard InChI is InChI=1S/C17H24N2O2/c1-12-7-6-10-14(11-12)19-16(21)17(2,3)15(20)18-13-8-4-5-9-13/h6-7,10-11,13H,4-5,8-9H2,1-3H3,(H,18,20)(H,19,21). The lowest BCUT2D eigenvalue weighted by molar-refractivity contribution is -0.138. The molecule has 4 nitrogen and oxygen atoms in total. The molecule has 0 aromatic heterocycles. The summed E-state index contributed by atoms with van der Waals surface area (Å²) in [5.74, 6) is -0.469. The third-order valence-corrected chi connectivity index (χ3v) is 4.10. The number of carbonyl (C=O) groups is 2. The van der Waals surface area contributed by atoms with E-state index in [0.717, 1.165) is 36.9 Å². The smallest absolute Gasteiger partial charge is 0.239 e. The Balaban J connectivity index is 2.00. The molecule has 4 heteroatoms. The first-order chi connectivity index (χ1) is 9.89. The summed E-state index contributed by atoms with van der Waals surface area (Å²) >= 11 is 0. The van der Waals surface area contributed by atoms with Gasteiger partial charge in [-0.2, -0.15) is 0 Å². The molecule has 1 aliphatic carbocycles. The first-order valence-corrected chi connectivity index (χ1v) is 7.58. The predicted molar refractivity (Wildman–Crippen MR) is 84.0 cm³/mol. The molecule has 1 fully saturated rings. The third-order valence-electron chi connectivity index (χ3n) is 4.10. The average molecular weight is 288 g/mol. The highest BCUT2D eigenvalue weighted by Gasteiger charge is 2.37. The average Bonchev–Trinajstić information content (AvgIpc) is 2.91. The van der Waals surface area contributed by atoms with Crippen molar-refractivity contribution in [1.82, 2.24) is 5.32 Å². The Hall–Kier alpha value is -1.84. The van der Waals surface area contributed by atoms with E-state index in [1.807, 2.05) is 31.2 Å². The highest BCUT2D eigenvalue weighted by Crippen LogP contribution is 2.23. The molecule has 1 aromatic carbocycles. The predicted octanol–water partition coefficient (Wildman–Crippen LogP) is 3.02. The maximum Gasteiger partial charge on any atom is 0.239 e. The zero-order valence-corrected chi connectivity index (χ0v) is 13.0. The van der Waals surface area contributed by atoms with Crippen molar-refractivity contribution >= 4 is 17.5 Å². The van der Waals surface area contributed by atoms with Crippen LogP contribution in [0.15, 0.2) is 24.3 Å². The lowest BCUT2D eigenvalue weighted by Crippen LogP contribution is -2.47. The zero-order valence-electron chi connectivity index (χ0n) is 13.0. The van der Waals surface area contributed by atoms with Gasteiger partial charge in [0, 0.05) is 11.7 Å². The van der Waals surface area contributed by atoms with Gasteiger partial charge in [-0.1, -0.05) is 25.0 Å². The van der Waals surface area contributed by atoms with Crippen LogP contribution in [0.3, 0.4) is 0 Å². The van der Waals surface area contributed by atoms with E-state index in [-0.39, 0.29) is 17.9 Å².